The fraction of sp³-hybridized carbons (Fsp3) is 0.368. The summed E-state index contributed by atoms with van der Waals surface area (Å²) in [6.07, 6.45) is 0. The largest absolute Gasteiger partial charge is 0.492 e. The predicted molar refractivity (Wildman–Crippen MR) is 97.3 cm³/mol. The molecule has 0 radical (unpaired) electrons. The summed E-state index contributed by atoms with van der Waals surface area (Å²) in [5.74, 6) is 0.834. The number of nitrogens with one attached hydrogen (secondary N) is 1. The number of rotatable bonds is 6. The van der Waals surface area contributed by atoms with Crippen LogP contribution >= 0.6 is 0 Å². The zero-order valence-corrected chi connectivity index (χ0v) is 15.8. The van der Waals surface area contributed by atoms with Gasteiger partial charge in [0.15, 0.2) is 0 Å². The quantitative estimate of drug-likeness (QED) is 0.813. The first-order valence-corrected chi connectivity index (χ1v) is 9.47. The Balaban J connectivity index is 2.00. The molecule has 2 aromatic rings. The molecule has 0 heterocycles. The Morgan fingerprint density at radius 3 is 2.25 bits per heavy atom. The zero-order chi connectivity index (χ0) is 17.9. The lowest BCUT2D eigenvalue weighted by Crippen LogP contribution is -2.29. The van der Waals surface area contributed by atoms with E-state index in [1.54, 1.807) is 19.1 Å². The average molecular weight is 347 g/mol. The Morgan fingerprint density at radius 2 is 1.58 bits per heavy atom. The van der Waals surface area contributed by atoms with E-state index >= 15 is 0 Å². The van der Waals surface area contributed by atoms with Crippen molar-refractivity contribution in [2.75, 3.05) is 13.2 Å². The van der Waals surface area contributed by atoms with Crippen LogP contribution in [0.4, 0.5) is 0 Å². The van der Waals surface area contributed by atoms with Crippen molar-refractivity contribution in [2.24, 2.45) is 0 Å². The van der Waals surface area contributed by atoms with Crippen LogP contribution in [0.3, 0.4) is 0 Å². The number of aryl methyl sites for hydroxylation is 4. The van der Waals surface area contributed by atoms with Crippen molar-refractivity contribution in [1.82, 2.24) is 4.72 Å². The van der Waals surface area contributed by atoms with E-state index in [0.717, 1.165) is 33.6 Å². The van der Waals surface area contributed by atoms with E-state index in [1.807, 2.05) is 39.8 Å². The van der Waals surface area contributed by atoms with Crippen LogP contribution in [-0.4, -0.2) is 21.6 Å². The average Bonchev–Trinajstić information content (AvgIpc) is 2.50. The summed E-state index contributed by atoms with van der Waals surface area (Å²) in [5, 5.41) is 0. The smallest absolute Gasteiger partial charge is 0.240 e. The third-order valence-corrected chi connectivity index (χ3v) is 5.76. The van der Waals surface area contributed by atoms with Crippen molar-refractivity contribution in [3.05, 3.63) is 58.1 Å². The Hall–Kier alpha value is -1.85. The number of sulfonamides is 1. The second kappa shape index (κ2) is 7.36. The third kappa shape index (κ3) is 4.16. The van der Waals surface area contributed by atoms with Crippen LogP contribution in [-0.2, 0) is 10.0 Å². The van der Waals surface area contributed by atoms with Gasteiger partial charge in [-0.05, 0) is 62.9 Å². The summed E-state index contributed by atoms with van der Waals surface area (Å²) >= 11 is 0. The van der Waals surface area contributed by atoms with Crippen LogP contribution in [0.1, 0.15) is 27.8 Å². The van der Waals surface area contributed by atoms with Crippen molar-refractivity contribution in [3.63, 3.8) is 0 Å². The Morgan fingerprint density at radius 1 is 0.917 bits per heavy atom. The van der Waals surface area contributed by atoms with Crippen LogP contribution in [0, 0.1) is 34.6 Å². The molecule has 0 saturated heterocycles. The molecule has 0 aliphatic rings. The van der Waals surface area contributed by atoms with E-state index < -0.39 is 10.0 Å². The first-order chi connectivity index (χ1) is 11.2. The highest BCUT2D eigenvalue weighted by Gasteiger charge is 2.16. The lowest BCUT2D eigenvalue weighted by molar-refractivity contribution is 0.318. The molecule has 4 nitrogen and oxygen atoms in total. The number of hydrogen-bond acceptors (Lipinski definition) is 3. The van der Waals surface area contributed by atoms with Crippen LogP contribution in [0.5, 0.6) is 5.75 Å². The standard InChI is InChI=1S/C19H25NO3S/c1-13-6-9-18(16(4)12-13)24(21,22)20-10-11-23-19-15(3)8-7-14(2)17(19)5/h6-9,12,20H,10-11H2,1-5H3. The van der Waals surface area contributed by atoms with Gasteiger partial charge in [0.1, 0.15) is 12.4 Å². The third-order valence-electron chi connectivity index (χ3n) is 4.13. The molecule has 0 bridgehead atoms. The maximum Gasteiger partial charge on any atom is 0.240 e. The molecule has 0 saturated carbocycles. The lowest BCUT2D eigenvalue weighted by Gasteiger charge is -2.15. The van der Waals surface area contributed by atoms with Gasteiger partial charge in [0.2, 0.25) is 10.0 Å². The molecule has 0 aromatic heterocycles. The lowest BCUT2D eigenvalue weighted by atomic mass is 10.1. The summed E-state index contributed by atoms with van der Waals surface area (Å²) in [6.45, 7) is 10.3. The van der Waals surface area contributed by atoms with E-state index in [9.17, 15) is 8.42 Å². The van der Waals surface area contributed by atoms with Crippen molar-refractivity contribution in [3.8, 4) is 5.75 Å². The second-order valence-corrected chi connectivity index (χ2v) is 7.90. The molecule has 0 aliphatic heterocycles. The molecule has 2 rings (SSSR count). The minimum atomic E-state index is -3.52. The van der Waals surface area contributed by atoms with Crippen LogP contribution in [0.15, 0.2) is 35.2 Å². The van der Waals surface area contributed by atoms with Crippen LogP contribution < -0.4 is 9.46 Å². The SMILES string of the molecule is Cc1ccc(S(=O)(=O)NCCOc2c(C)ccc(C)c2C)c(C)c1. The van der Waals surface area contributed by atoms with E-state index in [4.69, 9.17) is 4.74 Å². The molecule has 1 N–H and O–H groups in total. The van der Waals surface area contributed by atoms with Gasteiger partial charge in [-0.25, -0.2) is 13.1 Å². The first kappa shape index (κ1) is 18.5. The molecular weight excluding hydrogens is 322 g/mol. The number of hydrogen-bond donors (Lipinski definition) is 1. The van der Waals surface area contributed by atoms with Crippen LogP contribution in [0.2, 0.25) is 0 Å². The highest BCUT2D eigenvalue weighted by Crippen LogP contribution is 2.25. The molecule has 0 spiro atoms. The molecule has 24 heavy (non-hydrogen) atoms. The van der Waals surface area contributed by atoms with Crippen molar-refractivity contribution < 1.29 is 13.2 Å². The molecule has 0 amide bonds. The number of benzene rings is 2. The number of ether oxygens (including phenoxy) is 1. The van der Waals surface area contributed by atoms with E-state index in [1.165, 1.54) is 0 Å². The fourth-order valence-corrected chi connectivity index (χ4v) is 3.89. The summed E-state index contributed by atoms with van der Waals surface area (Å²) < 4.78 is 33.2. The fourth-order valence-electron chi connectivity index (χ4n) is 2.66. The first-order valence-electron chi connectivity index (χ1n) is 7.99. The topological polar surface area (TPSA) is 55.4 Å². The highest BCUT2D eigenvalue weighted by molar-refractivity contribution is 7.89. The van der Waals surface area contributed by atoms with Crippen LogP contribution in [0.25, 0.3) is 0 Å². The normalized spacial score (nSPS) is 11.5. The molecule has 0 fully saturated rings. The van der Waals surface area contributed by atoms with E-state index in [-0.39, 0.29) is 13.2 Å². The molecule has 0 unspecified atom stereocenters. The van der Waals surface area contributed by atoms with Gasteiger partial charge >= 0.3 is 0 Å². The Bertz CT molecular complexity index is 842. The Labute approximate surface area is 144 Å². The summed E-state index contributed by atoms with van der Waals surface area (Å²) in [4.78, 5) is 0.316. The van der Waals surface area contributed by atoms with Gasteiger partial charge in [-0.1, -0.05) is 29.8 Å². The van der Waals surface area contributed by atoms with Gasteiger partial charge in [0.25, 0.3) is 0 Å². The highest BCUT2D eigenvalue weighted by atomic mass is 32.2. The maximum atomic E-state index is 12.4. The molecule has 2 aromatic carbocycles. The molecular formula is C19H25NO3S. The van der Waals surface area contributed by atoms with E-state index in [2.05, 4.69) is 10.8 Å². The summed E-state index contributed by atoms with van der Waals surface area (Å²) in [6, 6.07) is 9.38. The Kier molecular flexibility index (Phi) is 5.67. The van der Waals surface area contributed by atoms with Crippen molar-refractivity contribution >= 4 is 10.0 Å². The maximum absolute atomic E-state index is 12.4. The van der Waals surface area contributed by atoms with Crippen molar-refractivity contribution in [1.29, 1.82) is 0 Å². The van der Waals surface area contributed by atoms with Gasteiger partial charge in [-0.2, -0.15) is 0 Å². The molecule has 0 atom stereocenters. The van der Waals surface area contributed by atoms with Gasteiger partial charge in [-0.15, -0.1) is 0 Å². The van der Waals surface area contributed by atoms with Gasteiger partial charge in [0, 0.05) is 6.54 Å². The van der Waals surface area contributed by atoms with Gasteiger partial charge in [-0.3, -0.25) is 0 Å². The monoisotopic (exact) mass is 347 g/mol. The summed E-state index contributed by atoms with van der Waals surface area (Å²) in [5.41, 5.74) is 5.09. The molecule has 5 heteroatoms. The predicted octanol–water partition coefficient (Wildman–Crippen LogP) is 3.59. The minimum absolute atomic E-state index is 0.225. The minimum Gasteiger partial charge on any atom is -0.492 e. The van der Waals surface area contributed by atoms with Gasteiger partial charge < -0.3 is 4.74 Å². The van der Waals surface area contributed by atoms with Gasteiger partial charge in [0.05, 0.1) is 4.90 Å². The zero-order valence-electron chi connectivity index (χ0n) is 14.9. The summed E-state index contributed by atoms with van der Waals surface area (Å²) in [7, 11) is -3.52. The van der Waals surface area contributed by atoms with E-state index in [0.29, 0.717) is 4.90 Å². The van der Waals surface area contributed by atoms with Crippen molar-refractivity contribution in [2.45, 2.75) is 39.5 Å². The molecule has 0 aliphatic carbocycles. The molecule has 130 valence electrons. The second-order valence-electron chi connectivity index (χ2n) is 6.17.